The Balaban J connectivity index is 0.924. The summed E-state index contributed by atoms with van der Waals surface area (Å²) in [7, 11) is 0. The van der Waals surface area contributed by atoms with Crippen LogP contribution in [0.15, 0.2) is 11.6 Å². The molecule has 24 nitrogen and oxygen atoms in total. The van der Waals surface area contributed by atoms with Gasteiger partial charge < -0.3 is 104 Å². The summed E-state index contributed by atoms with van der Waals surface area (Å²) in [6.07, 6.45) is -27.0. The molecule has 0 aromatic heterocycles. The van der Waals surface area contributed by atoms with Crippen LogP contribution in [0.4, 0.5) is 0 Å². The van der Waals surface area contributed by atoms with E-state index in [-0.39, 0.29) is 17.1 Å². The minimum absolute atomic E-state index is 0.0705. The lowest BCUT2D eigenvalue weighted by Gasteiger charge is -2.70. The standard InChI is InChI=1S/C53H82O24/c1-48(2)12-14-53(47(69)77-45-37(65)33(61)31(59)26(73-45)20-71-43-36(64)32(60)30(58)25(18-54)72-43)15-13-51(6)21(22(53)17-48)16-23(55)41-50(5)10-9-28(49(3,4)27(50)8-11-52(41,51)7)74-46-38(66)34(62)39(40(76-46)42(67)68)75-44-35(63)29(57)24(56)19-70-44/h16,22,24-41,43-46,54,56-66H,8-15,17-20H2,1-7H3,(H,67,68)/t22-,24-,25+,26+,27?,28-,29-,30+,31+,32-,33-,34+,35+,36+,37+,38+,39-,40-,41?,43+,44-,45-,46+,50-,51+,52+,53-/m0/s1. The van der Waals surface area contributed by atoms with E-state index >= 15 is 9.59 Å². The van der Waals surface area contributed by atoms with Crippen molar-refractivity contribution < 1.29 is 119 Å². The second kappa shape index (κ2) is 21.1. The summed E-state index contributed by atoms with van der Waals surface area (Å²) in [5.74, 6) is -3.45. The molecule has 5 aliphatic carbocycles. The number of carbonyl (C=O) groups is 3. The Kier molecular flexibility index (Phi) is 16.2. The monoisotopic (exact) mass is 1100 g/mol. The topological polar surface area (TPSA) is 388 Å². The molecule has 77 heavy (non-hydrogen) atoms. The Hall–Kier alpha value is -2.41. The maximum atomic E-state index is 15.3. The average molecular weight is 1100 g/mol. The predicted molar refractivity (Wildman–Crippen MR) is 258 cm³/mol. The van der Waals surface area contributed by atoms with Gasteiger partial charge >= 0.3 is 11.9 Å². The summed E-state index contributed by atoms with van der Waals surface area (Å²) in [5.41, 5.74) is -3.11. The van der Waals surface area contributed by atoms with Gasteiger partial charge in [0.05, 0.1) is 31.3 Å². The zero-order valence-electron chi connectivity index (χ0n) is 44.6. The van der Waals surface area contributed by atoms with Gasteiger partial charge in [-0.15, -0.1) is 0 Å². The van der Waals surface area contributed by atoms with Gasteiger partial charge in [0.1, 0.15) is 85.5 Å². The van der Waals surface area contributed by atoms with Crippen molar-refractivity contribution in [2.75, 3.05) is 19.8 Å². The van der Waals surface area contributed by atoms with Crippen molar-refractivity contribution in [1.29, 1.82) is 0 Å². The second-order valence-corrected chi connectivity index (χ2v) is 25.9. The molecular formula is C53H82O24. The number of allylic oxidation sites excluding steroid dienone is 2. The van der Waals surface area contributed by atoms with E-state index in [0.29, 0.717) is 57.8 Å². The molecule has 13 N–H and O–H groups in total. The molecule has 8 fully saturated rings. The maximum absolute atomic E-state index is 15.3. The lowest BCUT2D eigenvalue weighted by Crippen LogP contribution is -2.68. The van der Waals surface area contributed by atoms with E-state index in [2.05, 4.69) is 34.6 Å². The molecular weight excluding hydrogens is 1020 g/mol. The first kappa shape index (κ1) is 59.2. The largest absolute Gasteiger partial charge is 0.479 e. The Bertz CT molecular complexity index is 2230. The minimum atomic E-state index is -1.92. The molecule has 4 saturated carbocycles. The first-order valence-electron chi connectivity index (χ1n) is 27.2. The number of carboxylic acid groups (broad SMARTS) is 1. The van der Waals surface area contributed by atoms with E-state index in [1.54, 1.807) is 6.08 Å². The Morgan fingerprint density at radius 2 is 1.26 bits per heavy atom. The van der Waals surface area contributed by atoms with Crippen LogP contribution in [0.3, 0.4) is 0 Å². The van der Waals surface area contributed by atoms with E-state index in [9.17, 15) is 71.2 Å². The molecule has 0 amide bonds. The first-order chi connectivity index (χ1) is 35.9. The van der Waals surface area contributed by atoms with Crippen molar-refractivity contribution in [2.45, 2.75) is 229 Å². The van der Waals surface area contributed by atoms with Crippen molar-refractivity contribution >= 4 is 17.7 Å². The molecule has 438 valence electrons. The van der Waals surface area contributed by atoms with Gasteiger partial charge in [-0.05, 0) is 103 Å². The van der Waals surface area contributed by atoms with E-state index in [1.165, 1.54) is 0 Å². The molecule has 9 rings (SSSR count). The molecule has 0 aromatic rings. The number of carboxylic acids is 1. The van der Waals surface area contributed by atoms with Crippen LogP contribution >= 0.6 is 0 Å². The third-order valence-electron chi connectivity index (χ3n) is 20.7. The number of fused-ring (bicyclic) bond motifs is 7. The van der Waals surface area contributed by atoms with E-state index in [0.717, 1.165) is 5.57 Å². The van der Waals surface area contributed by atoms with Crippen LogP contribution in [0.25, 0.3) is 0 Å². The van der Waals surface area contributed by atoms with Crippen LogP contribution in [-0.2, 0) is 52.3 Å². The van der Waals surface area contributed by atoms with E-state index in [4.69, 9.17) is 37.9 Å². The van der Waals surface area contributed by atoms with Crippen molar-refractivity contribution in [1.82, 2.24) is 0 Å². The summed E-state index contributed by atoms with van der Waals surface area (Å²) in [6, 6.07) is 0. The Morgan fingerprint density at radius 1 is 0.649 bits per heavy atom. The van der Waals surface area contributed by atoms with Crippen molar-refractivity contribution in [3.8, 4) is 0 Å². The molecule has 4 heterocycles. The van der Waals surface area contributed by atoms with Crippen LogP contribution in [0, 0.1) is 50.2 Å². The second-order valence-electron chi connectivity index (χ2n) is 25.9. The highest BCUT2D eigenvalue weighted by Gasteiger charge is 2.72. The van der Waals surface area contributed by atoms with Gasteiger partial charge in [0.2, 0.25) is 6.29 Å². The molecule has 24 heteroatoms. The van der Waals surface area contributed by atoms with E-state index in [1.807, 2.05) is 13.8 Å². The average Bonchev–Trinajstić information content (AvgIpc) is 3.53. The van der Waals surface area contributed by atoms with Crippen LogP contribution in [0.2, 0.25) is 0 Å². The summed E-state index contributed by atoms with van der Waals surface area (Å²) < 4.78 is 46.2. The van der Waals surface area contributed by atoms with Gasteiger partial charge in [0, 0.05) is 5.92 Å². The SMILES string of the molecule is CC1(C)CC[C@]2(C(=O)O[C@@H]3O[C@H](CO[C@@H]4O[C@H](CO)[C@@H](O)[C@H](O)[C@H]4O)[C@@H](O)[C@H](O)[C@H]3O)CC[C@]3(C)C(=CC(=O)C4[C@@]5(C)CC[C@H](O[C@@H]6O[C@H](C(=O)O)[C@@H](O[C@@H]7OC[C@H](O)[C@H](O)[C@H]7O)[C@H](O)[C@H]6O)C(C)(C)C5CC[C@]43C)[C@@H]2C1. The third kappa shape index (κ3) is 9.66. The lowest BCUT2D eigenvalue weighted by molar-refractivity contribution is -0.354. The number of aliphatic carboxylic acids is 1. The minimum Gasteiger partial charge on any atom is -0.479 e. The summed E-state index contributed by atoms with van der Waals surface area (Å²) in [4.78, 5) is 43.0. The van der Waals surface area contributed by atoms with Gasteiger partial charge in [-0.2, -0.15) is 0 Å². The van der Waals surface area contributed by atoms with Gasteiger partial charge in [-0.1, -0.05) is 54.0 Å². The number of ketones is 1. The first-order valence-corrected chi connectivity index (χ1v) is 27.2. The zero-order chi connectivity index (χ0) is 56.4. The lowest BCUT2D eigenvalue weighted by atomic mass is 9.33. The quantitative estimate of drug-likeness (QED) is 0.0777. The zero-order valence-corrected chi connectivity index (χ0v) is 44.6. The van der Waals surface area contributed by atoms with Gasteiger partial charge in [0.15, 0.2) is 30.8 Å². The van der Waals surface area contributed by atoms with E-state index < -0.39 is 193 Å². The summed E-state index contributed by atoms with van der Waals surface area (Å²) >= 11 is 0. The maximum Gasteiger partial charge on any atom is 0.335 e. The number of hydrogen-bond donors (Lipinski definition) is 13. The summed E-state index contributed by atoms with van der Waals surface area (Å²) in [6.45, 7) is 13.0. The van der Waals surface area contributed by atoms with Crippen molar-refractivity contribution in [3.05, 3.63) is 11.6 Å². The highest BCUT2D eigenvalue weighted by molar-refractivity contribution is 5.96. The van der Waals surface area contributed by atoms with Gasteiger partial charge in [-0.25, -0.2) is 4.79 Å². The highest BCUT2D eigenvalue weighted by atomic mass is 16.8. The fourth-order valence-corrected chi connectivity index (χ4v) is 15.9. The van der Waals surface area contributed by atoms with Crippen molar-refractivity contribution in [3.63, 3.8) is 0 Å². The Morgan fingerprint density at radius 3 is 1.92 bits per heavy atom. The fourth-order valence-electron chi connectivity index (χ4n) is 15.9. The molecule has 9 aliphatic rings. The fraction of sp³-hybridized carbons (Fsp3) is 0.906. The number of esters is 1. The predicted octanol–water partition coefficient (Wildman–Crippen LogP) is -2.12. The molecule has 0 aromatic carbocycles. The number of aliphatic hydroxyl groups excluding tert-OH is 12. The molecule has 0 radical (unpaired) electrons. The molecule has 4 aliphatic heterocycles. The normalized spacial score (nSPS) is 52.4. The van der Waals surface area contributed by atoms with Crippen LogP contribution in [0.5, 0.6) is 0 Å². The van der Waals surface area contributed by atoms with Crippen LogP contribution in [0.1, 0.15) is 106 Å². The molecule has 2 unspecified atom stereocenters. The van der Waals surface area contributed by atoms with Crippen LogP contribution < -0.4 is 0 Å². The van der Waals surface area contributed by atoms with Crippen LogP contribution in [-0.4, -0.2) is 227 Å². The highest BCUT2D eigenvalue weighted by Crippen LogP contribution is 2.75. The molecule has 4 saturated heterocycles. The molecule has 27 atom stereocenters. The number of carbonyl (C=O) groups excluding carboxylic acids is 2. The number of hydrogen-bond acceptors (Lipinski definition) is 23. The molecule has 0 bridgehead atoms. The molecule has 0 spiro atoms. The van der Waals surface area contributed by atoms with Crippen molar-refractivity contribution in [2.24, 2.45) is 50.2 Å². The smallest absolute Gasteiger partial charge is 0.335 e. The number of ether oxygens (including phenoxy) is 8. The van der Waals surface area contributed by atoms with Gasteiger partial charge in [-0.3, -0.25) is 9.59 Å². The van der Waals surface area contributed by atoms with Gasteiger partial charge in [0.25, 0.3) is 0 Å². The third-order valence-corrected chi connectivity index (χ3v) is 20.7. The number of aliphatic hydroxyl groups is 12. The Labute approximate surface area is 446 Å². The number of rotatable bonds is 11. The summed E-state index contributed by atoms with van der Waals surface area (Å²) in [5, 5.41) is 137.